The number of hydrogen-bond donors (Lipinski definition) is 2. The molecule has 0 spiro atoms. The molecule has 0 aromatic heterocycles. The fourth-order valence-corrected chi connectivity index (χ4v) is 3.16. The van der Waals surface area contributed by atoms with E-state index in [1.54, 1.807) is 36.4 Å². The Bertz CT molecular complexity index is 1180. The van der Waals surface area contributed by atoms with Crippen LogP contribution in [0.25, 0.3) is 0 Å². The minimum absolute atomic E-state index is 0.185. The highest BCUT2D eigenvalue weighted by Crippen LogP contribution is 2.28. The van der Waals surface area contributed by atoms with E-state index < -0.39 is 17.6 Å². The maximum atomic E-state index is 13.3. The summed E-state index contributed by atoms with van der Waals surface area (Å²) in [6.07, 6.45) is 1.32. The van der Waals surface area contributed by atoms with Crippen molar-refractivity contribution in [2.24, 2.45) is 5.10 Å². The molecule has 7 nitrogen and oxygen atoms in total. The van der Waals surface area contributed by atoms with Crippen molar-refractivity contribution in [3.05, 3.63) is 87.6 Å². The summed E-state index contributed by atoms with van der Waals surface area (Å²) in [7, 11) is 2.97. The van der Waals surface area contributed by atoms with Crippen molar-refractivity contribution in [2.45, 2.75) is 0 Å². The van der Waals surface area contributed by atoms with E-state index in [0.717, 1.165) is 0 Å². The molecule has 2 amide bonds. The molecule has 32 heavy (non-hydrogen) atoms. The second-order valence-electron chi connectivity index (χ2n) is 6.47. The first kappa shape index (κ1) is 23.0. The van der Waals surface area contributed by atoms with Crippen LogP contribution in [-0.2, 0) is 0 Å². The molecule has 3 rings (SSSR count). The van der Waals surface area contributed by atoms with E-state index in [-0.39, 0.29) is 11.3 Å². The van der Waals surface area contributed by atoms with Gasteiger partial charge in [0.05, 0.1) is 31.7 Å². The van der Waals surface area contributed by atoms with E-state index in [0.29, 0.717) is 27.1 Å². The lowest BCUT2D eigenvalue weighted by atomic mass is 10.1. The van der Waals surface area contributed by atoms with Crippen LogP contribution in [0.15, 0.2) is 70.2 Å². The highest BCUT2D eigenvalue weighted by Gasteiger charge is 2.16. The molecule has 0 heterocycles. The van der Waals surface area contributed by atoms with Gasteiger partial charge in [0.2, 0.25) is 0 Å². The third kappa shape index (κ3) is 5.70. The van der Waals surface area contributed by atoms with Crippen LogP contribution in [0, 0.1) is 5.82 Å². The number of nitrogens with zero attached hydrogens (tertiary/aromatic N) is 1. The first-order valence-corrected chi connectivity index (χ1v) is 10.1. The number of carbonyl (C=O) groups is 2. The van der Waals surface area contributed by atoms with E-state index in [1.807, 2.05) is 0 Å². The first-order valence-electron chi connectivity index (χ1n) is 9.33. The molecule has 164 valence electrons. The Morgan fingerprint density at radius 2 is 1.75 bits per heavy atom. The average molecular weight is 500 g/mol. The SMILES string of the molecule is COc1ccc(C(=O)Nc2ccc(Br)cc2C(=O)NN=Cc2cccc(F)c2)cc1OC. The number of anilines is 1. The first-order chi connectivity index (χ1) is 15.4. The van der Waals surface area contributed by atoms with Crippen molar-refractivity contribution < 1.29 is 23.5 Å². The van der Waals surface area contributed by atoms with Gasteiger partial charge < -0.3 is 14.8 Å². The molecule has 0 saturated heterocycles. The number of benzene rings is 3. The van der Waals surface area contributed by atoms with Crippen LogP contribution in [0.4, 0.5) is 10.1 Å². The van der Waals surface area contributed by atoms with Crippen LogP contribution in [0.5, 0.6) is 11.5 Å². The number of ether oxygens (including phenoxy) is 2. The smallest absolute Gasteiger partial charge is 0.273 e. The second-order valence-corrected chi connectivity index (χ2v) is 7.38. The summed E-state index contributed by atoms with van der Waals surface area (Å²) in [6, 6.07) is 15.3. The van der Waals surface area contributed by atoms with Crippen LogP contribution in [0.2, 0.25) is 0 Å². The van der Waals surface area contributed by atoms with Gasteiger partial charge in [-0.05, 0) is 54.1 Å². The lowest BCUT2D eigenvalue weighted by molar-refractivity contribution is 0.0956. The summed E-state index contributed by atoms with van der Waals surface area (Å²) in [5, 5.41) is 6.58. The van der Waals surface area contributed by atoms with Gasteiger partial charge in [-0.3, -0.25) is 9.59 Å². The molecule has 9 heteroatoms. The summed E-state index contributed by atoms with van der Waals surface area (Å²) < 4.78 is 24.3. The lowest BCUT2D eigenvalue weighted by Crippen LogP contribution is -2.21. The minimum Gasteiger partial charge on any atom is -0.493 e. The molecule has 0 saturated carbocycles. The number of methoxy groups -OCH3 is 2. The largest absolute Gasteiger partial charge is 0.493 e. The maximum Gasteiger partial charge on any atom is 0.273 e. The van der Waals surface area contributed by atoms with Gasteiger partial charge in [-0.2, -0.15) is 5.10 Å². The summed E-state index contributed by atoms with van der Waals surface area (Å²) in [5.41, 5.74) is 3.66. The fourth-order valence-electron chi connectivity index (χ4n) is 2.80. The zero-order valence-corrected chi connectivity index (χ0v) is 18.8. The normalized spacial score (nSPS) is 10.6. The second kappa shape index (κ2) is 10.5. The Morgan fingerprint density at radius 3 is 2.47 bits per heavy atom. The van der Waals surface area contributed by atoms with Crippen molar-refractivity contribution in [3.8, 4) is 11.5 Å². The van der Waals surface area contributed by atoms with Crippen molar-refractivity contribution in [1.82, 2.24) is 5.43 Å². The number of nitrogens with one attached hydrogen (secondary N) is 2. The van der Waals surface area contributed by atoms with Gasteiger partial charge in [-0.1, -0.05) is 28.1 Å². The molecular weight excluding hydrogens is 481 g/mol. The number of rotatable bonds is 7. The Morgan fingerprint density at radius 1 is 0.969 bits per heavy atom. The molecule has 2 N–H and O–H groups in total. The number of amides is 2. The molecule has 3 aromatic rings. The summed E-state index contributed by atoms with van der Waals surface area (Å²) in [4.78, 5) is 25.4. The van der Waals surface area contributed by atoms with Gasteiger partial charge in [0.15, 0.2) is 11.5 Å². The summed E-state index contributed by atoms with van der Waals surface area (Å²) in [5.74, 6) is -0.510. The van der Waals surface area contributed by atoms with E-state index in [1.165, 1.54) is 44.7 Å². The number of hydrogen-bond acceptors (Lipinski definition) is 5. The predicted molar refractivity (Wildman–Crippen MR) is 123 cm³/mol. The zero-order chi connectivity index (χ0) is 23.1. The molecule has 0 aliphatic rings. The summed E-state index contributed by atoms with van der Waals surface area (Å²) in [6.45, 7) is 0. The van der Waals surface area contributed by atoms with Crippen molar-refractivity contribution in [3.63, 3.8) is 0 Å². The van der Waals surface area contributed by atoms with Crippen LogP contribution in [-0.4, -0.2) is 32.2 Å². The Kier molecular flexibility index (Phi) is 7.56. The molecule has 0 atom stereocenters. The topological polar surface area (TPSA) is 89.0 Å². The fraction of sp³-hybridized carbons (Fsp3) is 0.0870. The van der Waals surface area contributed by atoms with Crippen molar-refractivity contribution in [1.29, 1.82) is 0 Å². The highest BCUT2D eigenvalue weighted by molar-refractivity contribution is 9.10. The van der Waals surface area contributed by atoms with Gasteiger partial charge >= 0.3 is 0 Å². The quantitative estimate of drug-likeness (QED) is 0.366. The average Bonchev–Trinajstić information content (AvgIpc) is 2.79. The molecule has 0 radical (unpaired) electrons. The van der Waals surface area contributed by atoms with Gasteiger partial charge in [0.1, 0.15) is 5.82 Å². The maximum absolute atomic E-state index is 13.3. The van der Waals surface area contributed by atoms with E-state index in [9.17, 15) is 14.0 Å². The Balaban J connectivity index is 1.78. The van der Waals surface area contributed by atoms with E-state index in [4.69, 9.17) is 9.47 Å². The Labute approximate surface area is 192 Å². The molecule has 0 fully saturated rings. The predicted octanol–water partition coefficient (Wildman–Crippen LogP) is 4.62. The Hall–Kier alpha value is -3.72. The minimum atomic E-state index is -0.554. The molecule has 0 aliphatic heterocycles. The van der Waals surface area contributed by atoms with Gasteiger partial charge in [0, 0.05) is 10.0 Å². The van der Waals surface area contributed by atoms with E-state index in [2.05, 4.69) is 31.8 Å². The highest BCUT2D eigenvalue weighted by atomic mass is 79.9. The van der Waals surface area contributed by atoms with Crippen molar-refractivity contribution in [2.75, 3.05) is 19.5 Å². The molecule has 0 bridgehead atoms. The van der Waals surface area contributed by atoms with Gasteiger partial charge in [-0.15, -0.1) is 0 Å². The summed E-state index contributed by atoms with van der Waals surface area (Å²) >= 11 is 3.32. The third-order valence-electron chi connectivity index (χ3n) is 4.35. The standard InChI is InChI=1S/C23H19BrFN3O4/c1-31-20-9-6-15(11-21(20)32-2)22(29)27-19-8-7-16(24)12-18(19)23(30)28-26-13-14-4-3-5-17(25)10-14/h3-13H,1-2H3,(H,27,29)(H,28,30). The van der Waals surface area contributed by atoms with Crippen LogP contribution in [0.3, 0.4) is 0 Å². The molecule has 0 aliphatic carbocycles. The van der Waals surface area contributed by atoms with Crippen LogP contribution in [0.1, 0.15) is 26.3 Å². The van der Waals surface area contributed by atoms with Crippen LogP contribution < -0.4 is 20.2 Å². The number of hydrazone groups is 1. The van der Waals surface area contributed by atoms with Gasteiger partial charge in [-0.25, -0.2) is 9.82 Å². The molecular formula is C23H19BrFN3O4. The molecule has 0 unspecified atom stereocenters. The lowest BCUT2D eigenvalue weighted by Gasteiger charge is -2.12. The van der Waals surface area contributed by atoms with Crippen LogP contribution >= 0.6 is 15.9 Å². The number of carbonyl (C=O) groups excluding carboxylic acids is 2. The third-order valence-corrected chi connectivity index (χ3v) is 4.84. The van der Waals surface area contributed by atoms with Gasteiger partial charge in [0.25, 0.3) is 11.8 Å². The molecule has 3 aromatic carbocycles. The van der Waals surface area contributed by atoms with Crippen molar-refractivity contribution >= 4 is 39.6 Å². The van der Waals surface area contributed by atoms with E-state index >= 15 is 0 Å². The zero-order valence-electron chi connectivity index (χ0n) is 17.2. The number of halogens is 2. The monoisotopic (exact) mass is 499 g/mol.